The summed E-state index contributed by atoms with van der Waals surface area (Å²) in [6.45, 7) is 1.81. The van der Waals surface area contributed by atoms with Crippen LogP contribution >= 0.6 is 0 Å². The van der Waals surface area contributed by atoms with Crippen molar-refractivity contribution in [3.05, 3.63) is 88.7 Å². The van der Waals surface area contributed by atoms with E-state index in [1.165, 1.54) is 4.68 Å². The fraction of sp³-hybridized carbons (Fsp3) is 0.154. The van der Waals surface area contributed by atoms with E-state index in [0.717, 1.165) is 5.56 Å². The van der Waals surface area contributed by atoms with Crippen LogP contribution in [0.5, 0.6) is 17.2 Å². The molecular formula is C26H25N3O4. The van der Waals surface area contributed by atoms with E-state index in [1.54, 1.807) is 27.4 Å². The van der Waals surface area contributed by atoms with Gasteiger partial charge in [-0.1, -0.05) is 36.4 Å². The second kappa shape index (κ2) is 9.48. The van der Waals surface area contributed by atoms with Crippen molar-refractivity contribution in [2.45, 2.75) is 6.92 Å². The molecule has 0 aliphatic heterocycles. The second-order valence-corrected chi connectivity index (χ2v) is 7.28. The van der Waals surface area contributed by atoms with Crippen molar-refractivity contribution in [1.29, 1.82) is 0 Å². The van der Waals surface area contributed by atoms with Crippen molar-refractivity contribution in [1.82, 2.24) is 9.78 Å². The summed E-state index contributed by atoms with van der Waals surface area (Å²) < 4.78 is 17.6. The highest BCUT2D eigenvalue weighted by molar-refractivity contribution is 6.05. The average Bonchev–Trinajstić information content (AvgIpc) is 3.21. The molecule has 0 bridgehead atoms. The number of ether oxygens (including phenoxy) is 3. The van der Waals surface area contributed by atoms with Crippen LogP contribution in [0.2, 0.25) is 0 Å². The monoisotopic (exact) mass is 443 g/mol. The van der Waals surface area contributed by atoms with Gasteiger partial charge in [-0.15, -0.1) is 0 Å². The van der Waals surface area contributed by atoms with Crippen LogP contribution in [0, 0.1) is 0 Å². The Labute approximate surface area is 191 Å². The summed E-state index contributed by atoms with van der Waals surface area (Å²) in [5, 5.41) is 3.26. The van der Waals surface area contributed by atoms with E-state index in [1.807, 2.05) is 73.7 Å². The van der Waals surface area contributed by atoms with E-state index < -0.39 is 0 Å². The normalized spacial score (nSPS) is 11.3. The Bertz CT molecular complexity index is 1340. The molecule has 0 aliphatic rings. The van der Waals surface area contributed by atoms with Crippen molar-refractivity contribution >= 4 is 11.4 Å². The maximum absolute atomic E-state index is 13.6. The van der Waals surface area contributed by atoms with Crippen LogP contribution in [0.1, 0.15) is 12.5 Å². The topological polar surface area (TPSA) is 77.8 Å². The van der Waals surface area contributed by atoms with Gasteiger partial charge in [-0.3, -0.25) is 9.89 Å². The molecule has 0 radical (unpaired) electrons. The number of aromatic nitrogens is 2. The fourth-order valence-corrected chi connectivity index (χ4v) is 3.69. The predicted octanol–water partition coefficient (Wildman–Crippen LogP) is 5.00. The van der Waals surface area contributed by atoms with Gasteiger partial charge in [0.1, 0.15) is 11.4 Å². The van der Waals surface area contributed by atoms with Crippen LogP contribution in [0.4, 0.5) is 5.69 Å². The molecule has 0 saturated carbocycles. The summed E-state index contributed by atoms with van der Waals surface area (Å²) in [5.41, 5.74) is 3.64. The Kier molecular flexibility index (Phi) is 6.31. The smallest absolute Gasteiger partial charge is 0.280 e. The molecule has 0 amide bonds. The van der Waals surface area contributed by atoms with Gasteiger partial charge >= 0.3 is 0 Å². The Morgan fingerprint density at radius 3 is 2.21 bits per heavy atom. The average molecular weight is 444 g/mol. The number of methoxy groups -OCH3 is 3. The quantitative estimate of drug-likeness (QED) is 0.408. The van der Waals surface area contributed by atoms with E-state index >= 15 is 0 Å². The molecule has 3 aromatic carbocycles. The number of rotatable bonds is 7. The molecule has 1 N–H and O–H groups in total. The highest BCUT2D eigenvalue weighted by Crippen LogP contribution is 2.37. The first-order chi connectivity index (χ1) is 16.1. The number of nitrogens with zero attached hydrogens (tertiary/aromatic N) is 2. The first-order valence-electron chi connectivity index (χ1n) is 10.4. The molecule has 0 atom stereocenters. The van der Waals surface area contributed by atoms with Gasteiger partial charge in [0.15, 0.2) is 11.5 Å². The van der Waals surface area contributed by atoms with E-state index in [0.29, 0.717) is 45.6 Å². The minimum Gasteiger partial charge on any atom is -0.497 e. The van der Waals surface area contributed by atoms with Crippen molar-refractivity contribution in [2.24, 2.45) is 4.99 Å². The number of hydrogen-bond donors (Lipinski definition) is 1. The summed E-state index contributed by atoms with van der Waals surface area (Å²) in [6, 6.07) is 22.4. The lowest BCUT2D eigenvalue weighted by Crippen LogP contribution is -2.19. The molecule has 0 spiro atoms. The molecule has 1 aromatic heterocycles. The maximum Gasteiger partial charge on any atom is 0.280 e. The van der Waals surface area contributed by atoms with Gasteiger partial charge in [0.2, 0.25) is 0 Å². The number of benzene rings is 3. The lowest BCUT2D eigenvalue weighted by atomic mass is 10.1. The number of aromatic amines is 1. The minimum atomic E-state index is -0.206. The van der Waals surface area contributed by atoms with E-state index in [4.69, 9.17) is 19.2 Å². The zero-order valence-electron chi connectivity index (χ0n) is 19.0. The lowest BCUT2D eigenvalue weighted by Gasteiger charge is -2.10. The lowest BCUT2D eigenvalue weighted by molar-refractivity contribution is 0.356. The molecule has 4 aromatic rings. The van der Waals surface area contributed by atoms with Crippen LogP contribution in [0.25, 0.3) is 16.9 Å². The molecule has 33 heavy (non-hydrogen) atoms. The Hall–Kier alpha value is -4.26. The summed E-state index contributed by atoms with van der Waals surface area (Å²) in [4.78, 5) is 18.3. The minimum absolute atomic E-state index is 0.206. The van der Waals surface area contributed by atoms with Gasteiger partial charge in [-0.25, -0.2) is 9.67 Å². The van der Waals surface area contributed by atoms with Crippen molar-refractivity contribution < 1.29 is 14.2 Å². The van der Waals surface area contributed by atoms with Crippen molar-refractivity contribution in [3.8, 4) is 34.2 Å². The highest BCUT2D eigenvalue weighted by Gasteiger charge is 2.20. The molecule has 1 heterocycles. The number of aliphatic imine (C=N–C) groups is 1. The first-order valence-corrected chi connectivity index (χ1v) is 10.4. The van der Waals surface area contributed by atoms with Crippen LogP contribution < -0.4 is 19.8 Å². The van der Waals surface area contributed by atoms with Crippen LogP contribution in [-0.4, -0.2) is 36.8 Å². The summed E-state index contributed by atoms with van der Waals surface area (Å²) >= 11 is 0. The maximum atomic E-state index is 13.6. The van der Waals surface area contributed by atoms with Gasteiger partial charge in [-0.05, 0) is 43.3 Å². The van der Waals surface area contributed by atoms with Crippen LogP contribution in [0.3, 0.4) is 0 Å². The van der Waals surface area contributed by atoms with Gasteiger partial charge in [-0.2, -0.15) is 0 Å². The Morgan fingerprint density at radius 2 is 1.58 bits per heavy atom. The highest BCUT2D eigenvalue weighted by atomic mass is 16.5. The zero-order valence-corrected chi connectivity index (χ0v) is 19.0. The van der Waals surface area contributed by atoms with Gasteiger partial charge < -0.3 is 14.2 Å². The number of hydrogen-bond acceptors (Lipinski definition) is 5. The first kappa shape index (κ1) is 22.0. The fourth-order valence-electron chi connectivity index (χ4n) is 3.69. The van der Waals surface area contributed by atoms with E-state index in [-0.39, 0.29) is 5.56 Å². The second-order valence-electron chi connectivity index (χ2n) is 7.28. The third-order valence-electron chi connectivity index (χ3n) is 5.32. The van der Waals surface area contributed by atoms with Crippen LogP contribution in [-0.2, 0) is 0 Å². The zero-order chi connectivity index (χ0) is 23.4. The molecular weight excluding hydrogens is 418 g/mol. The van der Waals surface area contributed by atoms with Crippen LogP contribution in [0.15, 0.2) is 82.6 Å². The van der Waals surface area contributed by atoms with Gasteiger partial charge in [0, 0.05) is 5.56 Å². The Morgan fingerprint density at radius 1 is 0.848 bits per heavy atom. The summed E-state index contributed by atoms with van der Waals surface area (Å²) in [5.74, 6) is 1.79. The summed E-state index contributed by atoms with van der Waals surface area (Å²) in [6.07, 6.45) is 0. The third kappa shape index (κ3) is 4.25. The van der Waals surface area contributed by atoms with Gasteiger partial charge in [0.25, 0.3) is 5.56 Å². The number of H-pyrrole nitrogens is 1. The predicted molar refractivity (Wildman–Crippen MR) is 130 cm³/mol. The Balaban J connectivity index is 1.91. The number of nitrogens with one attached hydrogen (secondary N) is 1. The number of para-hydroxylation sites is 1. The molecule has 4 rings (SSSR count). The largest absolute Gasteiger partial charge is 0.497 e. The molecule has 0 aliphatic carbocycles. The molecule has 0 saturated heterocycles. The molecule has 7 nitrogen and oxygen atoms in total. The SMILES string of the molecule is COc1ccc(-n2[nH]c(-c3ccccc3)c(C(C)=Nc3cccc(OC)c3OC)c2=O)cc1. The van der Waals surface area contributed by atoms with Crippen molar-refractivity contribution in [2.75, 3.05) is 21.3 Å². The molecule has 0 fully saturated rings. The molecule has 7 heteroatoms. The molecule has 0 unspecified atom stereocenters. The van der Waals surface area contributed by atoms with Crippen molar-refractivity contribution in [3.63, 3.8) is 0 Å². The van der Waals surface area contributed by atoms with E-state index in [9.17, 15) is 4.79 Å². The van der Waals surface area contributed by atoms with E-state index in [2.05, 4.69) is 5.10 Å². The standard InChI is InChI=1S/C26H25N3O4/c1-17(27-21-11-8-12-22(32-3)25(21)33-4)23-24(18-9-6-5-7-10-18)28-29(26(23)30)19-13-15-20(31-2)16-14-19/h5-16,28H,1-4H3. The summed E-state index contributed by atoms with van der Waals surface area (Å²) in [7, 11) is 4.74. The third-order valence-corrected chi connectivity index (χ3v) is 5.32. The molecule has 168 valence electrons. The van der Waals surface area contributed by atoms with Gasteiger partial charge in [0.05, 0.1) is 44.0 Å².